The van der Waals surface area contributed by atoms with Crippen LogP contribution in [0.3, 0.4) is 0 Å². The Kier molecular flexibility index (Phi) is 5.53. The predicted octanol–water partition coefficient (Wildman–Crippen LogP) is 4.99. The monoisotopic (exact) mass is 432 g/mol. The van der Waals surface area contributed by atoms with Crippen molar-refractivity contribution in [3.8, 4) is 0 Å². The lowest BCUT2D eigenvalue weighted by atomic mass is 10.1. The summed E-state index contributed by atoms with van der Waals surface area (Å²) in [5.41, 5.74) is 6.46. The van der Waals surface area contributed by atoms with Gasteiger partial charge in [-0.15, -0.1) is 0 Å². The van der Waals surface area contributed by atoms with Crippen LogP contribution in [0.5, 0.6) is 0 Å². The molecule has 0 bridgehead atoms. The van der Waals surface area contributed by atoms with Crippen LogP contribution in [-0.4, -0.2) is 34.7 Å². The molecule has 156 valence electrons. The van der Waals surface area contributed by atoms with Crippen LogP contribution < -0.4 is 5.43 Å². The summed E-state index contributed by atoms with van der Waals surface area (Å²) in [4.78, 5) is 24.0. The van der Waals surface area contributed by atoms with Gasteiger partial charge in [0.25, 0.3) is 5.91 Å². The van der Waals surface area contributed by atoms with Crippen molar-refractivity contribution >= 4 is 29.1 Å². The van der Waals surface area contributed by atoms with E-state index in [0.29, 0.717) is 22.7 Å². The molecule has 5 nitrogen and oxygen atoms in total. The minimum atomic E-state index is -0.391. The van der Waals surface area contributed by atoms with Gasteiger partial charge in [0, 0.05) is 34.0 Å². The van der Waals surface area contributed by atoms with Crippen LogP contribution in [0.2, 0.25) is 0 Å². The number of hydrazine groups is 1. The molecule has 0 spiro atoms. The number of rotatable bonds is 3. The van der Waals surface area contributed by atoms with Crippen LogP contribution in [-0.2, 0) is 0 Å². The Labute approximate surface area is 184 Å². The smallest absolute Gasteiger partial charge is 0.265 e. The summed E-state index contributed by atoms with van der Waals surface area (Å²) in [6.07, 6.45) is 4.59. The molecule has 31 heavy (non-hydrogen) atoms. The molecule has 0 atom stereocenters. The van der Waals surface area contributed by atoms with Crippen LogP contribution in [0.1, 0.15) is 40.9 Å². The standard InChI is InChI=1S/C24H21FN4OS/c25-17-9-10-19(26-15-17)23-18-6-2-3-7-21(18)31-22-11-8-16(14-20(22)27-23)24(30)28-29-12-4-1-5-13-29/h2-3,6-11,14-15H,1,4-5,12-13H2,(H,28,30). The lowest BCUT2D eigenvalue weighted by molar-refractivity contribution is 0.0750. The molecule has 3 aromatic rings. The number of hydrogen-bond acceptors (Lipinski definition) is 5. The van der Waals surface area contributed by atoms with Crippen molar-refractivity contribution < 1.29 is 9.18 Å². The van der Waals surface area contributed by atoms with E-state index >= 15 is 0 Å². The number of aliphatic imine (C=N–C) groups is 1. The third kappa shape index (κ3) is 4.24. The first-order valence-corrected chi connectivity index (χ1v) is 11.2. The van der Waals surface area contributed by atoms with Gasteiger partial charge in [-0.2, -0.15) is 0 Å². The van der Waals surface area contributed by atoms with Gasteiger partial charge in [-0.05, 0) is 49.2 Å². The van der Waals surface area contributed by atoms with E-state index in [-0.39, 0.29) is 5.91 Å². The first-order valence-electron chi connectivity index (χ1n) is 10.4. The molecule has 0 radical (unpaired) electrons. The Morgan fingerprint density at radius 2 is 1.84 bits per heavy atom. The fourth-order valence-electron chi connectivity index (χ4n) is 3.81. The normalized spacial score (nSPS) is 16.0. The first kappa shape index (κ1) is 19.9. The average Bonchev–Trinajstić information content (AvgIpc) is 2.96. The van der Waals surface area contributed by atoms with Gasteiger partial charge >= 0.3 is 0 Å². The highest BCUT2D eigenvalue weighted by molar-refractivity contribution is 7.99. The Balaban J connectivity index is 1.54. The van der Waals surface area contributed by atoms with Crippen LogP contribution in [0.4, 0.5) is 10.1 Å². The third-order valence-corrected chi connectivity index (χ3v) is 6.54. The van der Waals surface area contributed by atoms with Gasteiger partial charge in [0.05, 0.1) is 23.3 Å². The summed E-state index contributed by atoms with van der Waals surface area (Å²) >= 11 is 1.60. The molecular formula is C24H21FN4OS. The molecule has 0 aliphatic carbocycles. The van der Waals surface area contributed by atoms with Gasteiger partial charge in [0.2, 0.25) is 0 Å². The van der Waals surface area contributed by atoms with Gasteiger partial charge < -0.3 is 0 Å². The fraction of sp³-hybridized carbons (Fsp3) is 0.208. The maximum absolute atomic E-state index is 13.4. The Hall–Kier alpha value is -3.03. The summed E-state index contributed by atoms with van der Waals surface area (Å²) in [6, 6.07) is 16.6. The predicted molar refractivity (Wildman–Crippen MR) is 119 cm³/mol. The van der Waals surface area contributed by atoms with Gasteiger partial charge in [-0.25, -0.2) is 14.4 Å². The minimum absolute atomic E-state index is 0.131. The largest absolute Gasteiger partial charge is 0.285 e. The number of amides is 1. The maximum Gasteiger partial charge on any atom is 0.265 e. The third-order valence-electron chi connectivity index (χ3n) is 5.40. The van der Waals surface area contributed by atoms with Gasteiger partial charge in [0.15, 0.2) is 0 Å². The number of hydrogen-bond donors (Lipinski definition) is 1. The molecule has 1 aromatic heterocycles. The van der Waals surface area contributed by atoms with E-state index in [9.17, 15) is 9.18 Å². The summed E-state index contributed by atoms with van der Waals surface area (Å²) in [5.74, 6) is -0.522. The zero-order chi connectivity index (χ0) is 21.2. The van der Waals surface area contributed by atoms with E-state index in [1.54, 1.807) is 17.8 Å². The van der Waals surface area contributed by atoms with E-state index in [4.69, 9.17) is 4.99 Å². The second-order valence-electron chi connectivity index (χ2n) is 7.59. The molecule has 1 fully saturated rings. The maximum atomic E-state index is 13.4. The van der Waals surface area contributed by atoms with Crippen molar-refractivity contribution in [2.24, 2.45) is 4.99 Å². The average molecular weight is 433 g/mol. The molecular weight excluding hydrogens is 411 g/mol. The second kappa shape index (κ2) is 8.61. The van der Waals surface area contributed by atoms with Crippen molar-refractivity contribution in [1.29, 1.82) is 0 Å². The summed E-state index contributed by atoms with van der Waals surface area (Å²) in [7, 11) is 0. The second-order valence-corrected chi connectivity index (χ2v) is 8.68. The van der Waals surface area contributed by atoms with Crippen molar-refractivity contribution in [3.63, 3.8) is 0 Å². The molecule has 0 unspecified atom stereocenters. The number of carbonyl (C=O) groups is 1. The Morgan fingerprint density at radius 1 is 1.00 bits per heavy atom. The number of halogens is 1. The molecule has 0 saturated carbocycles. The van der Waals surface area contributed by atoms with Crippen LogP contribution >= 0.6 is 11.8 Å². The molecule has 7 heteroatoms. The molecule has 5 rings (SSSR count). The number of fused-ring (bicyclic) bond motifs is 2. The Morgan fingerprint density at radius 3 is 2.65 bits per heavy atom. The number of piperidine rings is 1. The van der Waals surface area contributed by atoms with Gasteiger partial charge in [-0.1, -0.05) is 36.4 Å². The highest BCUT2D eigenvalue weighted by Crippen LogP contribution is 2.41. The van der Waals surface area contributed by atoms with Crippen molar-refractivity contribution in [2.45, 2.75) is 29.1 Å². The van der Waals surface area contributed by atoms with E-state index in [1.807, 2.05) is 47.5 Å². The SMILES string of the molecule is O=C(NN1CCCCC1)c1ccc2c(c1)N=C(c1ccc(F)cn1)c1ccccc1S2. The molecule has 2 aromatic carbocycles. The van der Waals surface area contributed by atoms with Gasteiger partial charge in [0.1, 0.15) is 5.82 Å². The Bertz CT molecular complexity index is 1160. The molecule has 3 heterocycles. The van der Waals surface area contributed by atoms with E-state index in [2.05, 4.69) is 10.4 Å². The van der Waals surface area contributed by atoms with Crippen LogP contribution in [0.25, 0.3) is 0 Å². The number of benzene rings is 2. The van der Waals surface area contributed by atoms with Gasteiger partial charge in [-0.3, -0.25) is 15.2 Å². The van der Waals surface area contributed by atoms with Crippen molar-refractivity contribution in [2.75, 3.05) is 13.1 Å². The molecule has 1 amide bonds. The molecule has 2 aliphatic heterocycles. The number of carbonyl (C=O) groups excluding carboxylic acids is 1. The molecule has 1 saturated heterocycles. The highest BCUT2D eigenvalue weighted by Gasteiger charge is 2.21. The lowest BCUT2D eigenvalue weighted by Crippen LogP contribution is -2.45. The highest BCUT2D eigenvalue weighted by atomic mass is 32.2. The lowest BCUT2D eigenvalue weighted by Gasteiger charge is -2.26. The summed E-state index contributed by atoms with van der Waals surface area (Å²) in [6.45, 7) is 1.75. The first-order chi connectivity index (χ1) is 15.2. The fourth-order valence-corrected chi connectivity index (χ4v) is 4.81. The number of nitrogens with one attached hydrogen (secondary N) is 1. The number of pyridine rings is 1. The topological polar surface area (TPSA) is 57.6 Å². The van der Waals surface area contributed by atoms with Crippen molar-refractivity contribution in [1.82, 2.24) is 15.4 Å². The zero-order valence-corrected chi connectivity index (χ0v) is 17.7. The van der Waals surface area contributed by atoms with E-state index in [0.717, 1.165) is 41.3 Å². The van der Waals surface area contributed by atoms with E-state index < -0.39 is 5.82 Å². The van der Waals surface area contributed by atoms with Crippen molar-refractivity contribution in [3.05, 3.63) is 83.4 Å². The van der Waals surface area contributed by atoms with Crippen LogP contribution in [0, 0.1) is 5.82 Å². The molecule has 2 aliphatic rings. The zero-order valence-electron chi connectivity index (χ0n) is 16.8. The number of nitrogens with zero attached hydrogens (tertiary/aromatic N) is 3. The minimum Gasteiger partial charge on any atom is -0.285 e. The molecule has 1 N–H and O–H groups in total. The summed E-state index contributed by atoms with van der Waals surface area (Å²) < 4.78 is 13.4. The van der Waals surface area contributed by atoms with Crippen LogP contribution in [0.15, 0.2) is 75.6 Å². The number of aromatic nitrogens is 1. The quantitative estimate of drug-likeness (QED) is 0.496. The summed E-state index contributed by atoms with van der Waals surface area (Å²) in [5, 5.41) is 1.99. The van der Waals surface area contributed by atoms with E-state index in [1.165, 1.54) is 18.7 Å².